The van der Waals surface area contributed by atoms with Crippen LogP contribution in [0.2, 0.25) is 0 Å². The number of nitrogens with zero attached hydrogens (tertiary/aromatic N) is 4. The second kappa shape index (κ2) is 4.34. The second-order valence-electron chi connectivity index (χ2n) is 5.76. The summed E-state index contributed by atoms with van der Waals surface area (Å²) in [6.07, 6.45) is -1.68. The molecule has 0 aliphatic carbocycles. The van der Waals surface area contributed by atoms with Crippen molar-refractivity contribution < 1.29 is 18.6 Å². The van der Waals surface area contributed by atoms with Crippen LogP contribution in [0, 0.1) is 13.0 Å². The van der Waals surface area contributed by atoms with E-state index in [1.54, 1.807) is 13.8 Å². The minimum Gasteiger partial charge on any atom is -0.382 e. The maximum Gasteiger partial charge on any atom is 0.312 e. The average molecular weight is 307 g/mol. The molecule has 2 aliphatic heterocycles. The van der Waals surface area contributed by atoms with Gasteiger partial charge in [-0.1, -0.05) is 0 Å². The zero-order chi connectivity index (χ0) is 15.6. The first-order valence-corrected chi connectivity index (χ1v) is 6.78. The molecule has 0 saturated carbocycles. The van der Waals surface area contributed by atoms with Gasteiger partial charge < -0.3 is 19.9 Å². The van der Waals surface area contributed by atoms with Crippen LogP contribution in [0.25, 0.3) is 11.2 Å². The highest BCUT2D eigenvalue weighted by atomic mass is 19.1. The quantitative estimate of drug-likeness (QED) is 0.773. The Kier molecular flexibility index (Phi) is 2.72. The van der Waals surface area contributed by atoms with Crippen molar-refractivity contribution in [3.05, 3.63) is 19.3 Å². The fraction of sp³-hybridized carbons (Fsp3) is 0.538. The molecule has 9 heteroatoms. The lowest BCUT2D eigenvalue weighted by Crippen LogP contribution is -2.27. The van der Waals surface area contributed by atoms with Crippen LogP contribution in [0.4, 0.5) is 10.2 Å². The van der Waals surface area contributed by atoms with E-state index in [1.807, 2.05) is 0 Å². The molecule has 2 radical (unpaired) electrons. The molecular formula is C13H14FN5O3. The van der Waals surface area contributed by atoms with Crippen LogP contribution >= 0.6 is 0 Å². The molecule has 8 nitrogen and oxygen atoms in total. The van der Waals surface area contributed by atoms with Crippen molar-refractivity contribution in [2.24, 2.45) is 0 Å². The van der Waals surface area contributed by atoms with Crippen LogP contribution in [-0.4, -0.2) is 43.6 Å². The molecule has 22 heavy (non-hydrogen) atoms. The highest BCUT2D eigenvalue weighted by Gasteiger charge is 2.54. The van der Waals surface area contributed by atoms with Crippen LogP contribution in [0.5, 0.6) is 0 Å². The van der Waals surface area contributed by atoms with Gasteiger partial charge in [0.25, 0.3) is 0 Å². The molecule has 2 saturated heterocycles. The Morgan fingerprint density at radius 2 is 2.05 bits per heavy atom. The van der Waals surface area contributed by atoms with Gasteiger partial charge >= 0.3 is 6.08 Å². The SMILES string of the molecule is [CH][C@H]1O[C@@H](n2cnc3c(N)nc(F)nc32)[C@@H]2OC(C)(C)O[C@@H]21. The molecule has 2 aromatic rings. The molecule has 2 aromatic heterocycles. The lowest BCUT2D eigenvalue weighted by molar-refractivity contribution is -0.191. The van der Waals surface area contributed by atoms with Gasteiger partial charge in [-0.15, -0.1) is 0 Å². The lowest BCUT2D eigenvalue weighted by atomic mass is 10.1. The summed E-state index contributed by atoms with van der Waals surface area (Å²) >= 11 is 0. The van der Waals surface area contributed by atoms with E-state index in [9.17, 15) is 4.39 Å². The van der Waals surface area contributed by atoms with E-state index >= 15 is 0 Å². The molecular weight excluding hydrogens is 293 g/mol. The van der Waals surface area contributed by atoms with E-state index < -0.39 is 36.4 Å². The molecule has 116 valence electrons. The summed E-state index contributed by atoms with van der Waals surface area (Å²) < 4.78 is 32.2. The molecule has 0 unspecified atom stereocenters. The highest BCUT2D eigenvalue weighted by molar-refractivity contribution is 5.81. The molecule has 4 atom stereocenters. The Balaban J connectivity index is 1.79. The van der Waals surface area contributed by atoms with E-state index in [0.717, 1.165) is 0 Å². The number of anilines is 1. The number of nitrogens with two attached hydrogens (primary N) is 1. The predicted octanol–water partition coefficient (Wildman–Crippen LogP) is 0.676. The molecule has 0 amide bonds. The van der Waals surface area contributed by atoms with Gasteiger partial charge in [0.2, 0.25) is 0 Å². The third kappa shape index (κ3) is 1.89. The number of fused-ring (bicyclic) bond motifs is 2. The van der Waals surface area contributed by atoms with Gasteiger partial charge in [-0.05, 0) is 20.8 Å². The van der Waals surface area contributed by atoms with Crippen molar-refractivity contribution in [2.75, 3.05) is 5.73 Å². The van der Waals surface area contributed by atoms with Crippen molar-refractivity contribution in [2.45, 2.75) is 44.2 Å². The fourth-order valence-electron chi connectivity index (χ4n) is 2.93. The van der Waals surface area contributed by atoms with E-state index in [-0.39, 0.29) is 11.5 Å². The Hall–Kier alpha value is -1.84. The van der Waals surface area contributed by atoms with Crippen LogP contribution in [-0.2, 0) is 14.2 Å². The Morgan fingerprint density at radius 1 is 1.32 bits per heavy atom. The van der Waals surface area contributed by atoms with Crippen molar-refractivity contribution in [1.82, 2.24) is 19.5 Å². The van der Waals surface area contributed by atoms with Crippen molar-refractivity contribution in [3.63, 3.8) is 0 Å². The molecule has 4 rings (SSSR count). The zero-order valence-electron chi connectivity index (χ0n) is 11.9. The van der Waals surface area contributed by atoms with Crippen LogP contribution in [0.1, 0.15) is 20.1 Å². The maximum atomic E-state index is 13.4. The molecule has 4 heterocycles. The summed E-state index contributed by atoms with van der Waals surface area (Å²) in [4.78, 5) is 11.3. The standard InChI is InChI=1S/C13H14FN5O3/c1-5-7-8(22-13(2,3)21-7)11(20-5)19-4-16-6-9(15)17-12(14)18-10(6)19/h1,4-5,7-8,11H,2-3H3,(H2,15,17,18)/t5-,7-,8-,11-/m1/s1. The predicted molar refractivity (Wildman–Crippen MR) is 71.7 cm³/mol. The Bertz CT molecular complexity index is 749. The monoisotopic (exact) mass is 307 g/mol. The lowest BCUT2D eigenvalue weighted by Gasteiger charge is -2.23. The van der Waals surface area contributed by atoms with Crippen molar-refractivity contribution in [1.29, 1.82) is 0 Å². The van der Waals surface area contributed by atoms with Gasteiger partial charge in [-0.25, -0.2) is 4.98 Å². The molecule has 2 fully saturated rings. The number of ether oxygens (including phenoxy) is 3. The topological polar surface area (TPSA) is 97.3 Å². The smallest absolute Gasteiger partial charge is 0.312 e. The largest absolute Gasteiger partial charge is 0.382 e. The summed E-state index contributed by atoms with van der Waals surface area (Å²) in [5, 5.41) is 0. The Morgan fingerprint density at radius 3 is 2.82 bits per heavy atom. The van der Waals surface area contributed by atoms with Crippen molar-refractivity contribution in [3.8, 4) is 0 Å². The number of hydrogen-bond donors (Lipinski definition) is 1. The third-order valence-corrected chi connectivity index (χ3v) is 3.76. The first-order chi connectivity index (χ1) is 10.4. The van der Waals surface area contributed by atoms with Crippen LogP contribution in [0.15, 0.2) is 6.33 Å². The summed E-state index contributed by atoms with van der Waals surface area (Å²) in [5.74, 6) is -0.811. The molecule has 0 bridgehead atoms. The summed E-state index contributed by atoms with van der Waals surface area (Å²) in [6, 6.07) is 0. The van der Waals surface area contributed by atoms with Crippen LogP contribution < -0.4 is 5.73 Å². The Labute approximate surface area is 125 Å². The first kappa shape index (κ1) is 13.8. The molecule has 0 spiro atoms. The second-order valence-corrected chi connectivity index (χ2v) is 5.76. The molecule has 2 N–H and O–H groups in total. The van der Waals surface area contributed by atoms with Gasteiger partial charge in [-0.3, -0.25) is 4.57 Å². The fourth-order valence-corrected chi connectivity index (χ4v) is 2.93. The maximum absolute atomic E-state index is 13.4. The number of imidazole rings is 1. The number of hydrogen-bond acceptors (Lipinski definition) is 7. The van der Waals surface area contributed by atoms with E-state index in [1.165, 1.54) is 10.9 Å². The van der Waals surface area contributed by atoms with E-state index in [2.05, 4.69) is 15.0 Å². The number of nitrogen functional groups attached to an aromatic ring is 1. The minimum atomic E-state index is -0.936. The number of rotatable bonds is 1. The number of aromatic nitrogens is 4. The minimum absolute atomic E-state index is 0.0379. The van der Waals surface area contributed by atoms with E-state index in [0.29, 0.717) is 5.52 Å². The van der Waals surface area contributed by atoms with Crippen molar-refractivity contribution >= 4 is 17.0 Å². The third-order valence-electron chi connectivity index (χ3n) is 3.76. The average Bonchev–Trinajstić information content (AvgIpc) is 3.03. The summed E-state index contributed by atoms with van der Waals surface area (Å²) in [6.45, 7) is 9.53. The first-order valence-electron chi connectivity index (χ1n) is 6.78. The molecule has 2 aliphatic rings. The van der Waals surface area contributed by atoms with Gasteiger partial charge in [0.05, 0.1) is 12.4 Å². The van der Waals surface area contributed by atoms with E-state index in [4.69, 9.17) is 26.9 Å². The normalized spacial score (nSPS) is 33.5. The van der Waals surface area contributed by atoms with Gasteiger partial charge in [0.1, 0.15) is 12.2 Å². The zero-order valence-corrected chi connectivity index (χ0v) is 11.9. The summed E-state index contributed by atoms with van der Waals surface area (Å²) in [5.41, 5.74) is 6.17. The highest BCUT2D eigenvalue weighted by Crippen LogP contribution is 2.43. The molecule has 0 aromatic carbocycles. The van der Waals surface area contributed by atoms with Gasteiger partial charge in [0, 0.05) is 0 Å². The number of halogens is 1. The van der Waals surface area contributed by atoms with Crippen LogP contribution in [0.3, 0.4) is 0 Å². The summed E-state index contributed by atoms with van der Waals surface area (Å²) in [7, 11) is 0. The van der Waals surface area contributed by atoms with Gasteiger partial charge in [0.15, 0.2) is 29.0 Å². The van der Waals surface area contributed by atoms with Gasteiger partial charge in [-0.2, -0.15) is 14.4 Å².